The fourth-order valence-electron chi connectivity index (χ4n) is 3.64. The molecule has 1 fully saturated rings. The highest BCUT2D eigenvalue weighted by atomic mass is 16.5. The third kappa shape index (κ3) is 4.60. The third-order valence-electron chi connectivity index (χ3n) is 5.24. The van der Waals surface area contributed by atoms with Crippen LogP contribution < -0.4 is 14.4 Å². The van der Waals surface area contributed by atoms with Gasteiger partial charge < -0.3 is 19.3 Å². The van der Waals surface area contributed by atoms with E-state index >= 15 is 0 Å². The molecule has 31 heavy (non-hydrogen) atoms. The molecule has 3 aromatic rings. The summed E-state index contributed by atoms with van der Waals surface area (Å²) < 4.78 is 12.7. The van der Waals surface area contributed by atoms with Gasteiger partial charge in [-0.3, -0.25) is 4.79 Å². The zero-order valence-electron chi connectivity index (χ0n) is 18.0. The predicted molar refractivity (Wildman–Crippen MR) is 116 cm³/mol. The monoisotopic (exact) mass is 422 g/mol. The molecule has 2 aromatic heterocycles. The zero-order chi connectivity index (χ0) is 21.8. The van der Waals surface area contributed by atoms with Crippen molar-refractivity contribution in [3.05, 3.63) is 54.1 Å². The molecule has 0 saturated carbocycles. The summed E-state index contributed by atoms with van der Waals surface area (Å²) in [5, 5.41) is 4.49. The van der Waals surface area contributed by atoms with Gasteiger partial charge in [0.1, 0.15) is 12.1 Å². The van der Waals surface area contributed by atoms with Crippen molar-refractivity contribution in [2.24, 2.45) is 0 Å². The van der Waals surface area contributed by atoms with Crippen LogP contribution in [0.2, 0.25) is 0 Å². The van der Waals surface area contributed by atoms with Gasteiger partial charge in [-0.05, 0) is 32.0 Å². The number of hydrogen-bond acceptors (Lipinski definition) is 7. The first-order chi connectivity index (χ1) is 15.0. The van der Waals surface area contributed by atoms with Crippen LogP contribution in [0.1, 0.15) is 11.4 Å². The lowest BCUT2D eigenvalue weighted by molar-refractivity contribution is -0.133. The van der Waals surface area contributed by atoms with E-state index in [4.69, 9.17) is 9.47 Å². The van der Waals surface area contributed by atoms with Gasteiger partial charge in [-0.25, -0.2) is 14.6 Å². The Bertz CT molecular complexity index is 1060. The first-order valence-electron chi connectivity index (χ1n) is 10.2. The van der Waals surface area contributed by atoms with Gasteiger partial charge in [-0.1, -0.05) is 12.1 Å². The third-order valence-corrected chi connectivity index (χ3v) is 5.24. The zero-order valence-corrected chi connectivity index (χ0v) is 18.0. The van der Waals surface area contributed by atoms with Gasteiger partial charge >= 0.3 is 0 Å². The van der Waals surface area contributed by atoms with E-state index in [0.717, 1.165) is 23.0 Å². The SMILES string of the molecule is COc1ccccc1OCC(=O)N1CCN(c2cc(-n3nc(C)cc3C)ncn2)CC1. The molecule has 9 nitrogen and oxygen atoms in total. The summed E-state index contributed by atoms with van der Waals surface area (Å²) >= 11 is 0. The Morgan fingerprint density at radius 2 is 1.71 bits per heavy atom. The van der Waals surface area contributed by atoms with Crippen LogP contribution in [0.5, 0.6) is 11.5 Å². The van der Waals surface area contributed by atoms with E-state index in [9.17, 15) is 4.79 Å². The van der Waals surface area contributed by atoms with Crippen molar-refractivity contribution < 1.29 is 14.3 Å². The van der Waals surface area contributed by atoms with Crippen LogP contribution in [0.3, 0.4) is 0 Å². The van der Waals surface area contributed by atoms with Crippen LogP contribution in [0.25, 0.3) is 5.82 Å². The van der Waals surface area contributed by atoms with E-state index in [1.54, 1.807) is 25.6 Å². The number of nitrogens with zero attached hydrogens (tertiary/aromatic N) is 6. The molecule has 0 radical (unpaired) electrons. The maximum atomic E-state index is 12.6. The second-order valence-corrected chi connectivity index (χ2v) is 7.38. The quantitative estimate of drug-likeness (QED) is 0.601. The van der Waals surface area contributed by atoms with Crippen molar-refractivity contribution in [1.82, 2.24) is 24.6 Å². The Kier molecular flexibility index (Phi) is 6.01. The highest BCUT2D eigenvalue weighted by molar-refractivity contribution is 5.78. The summed E-state index contributed by atoms with van der Waals surface area (Å²) in [6, 6.07) is 11.3. The largest absolute Gasteiger partial charge is 0.493 e. The van der Waals surface area contributed by atoms with Crippen LogP contribution in [-0.2, 0) is 4.79 Å². The summed E-state index contributed by atoms with van der Waals surface area (Å²) in [7, 11) is 1.58. The number of carbonyl (C=O) groups excluding carboxylic acids is 1. The lowest BCUT2D eigenvalue weighted by atomic mass is 10.3. The molecule has 3 heterocycles. The van der Waals surface area contributed by atoms with Crippen molar-refractivity contribution >= 4 is 11.7 Å². The lowest BCUT2D eigenvalue weighted by Gasteiger charge is -2.35. The van der Waals surface area contributed by atoms with Crippen LogP contribution in [-0.4, -0.2) is 70.5 Å². The number of aromatic nitrogens is 4. The van der Waals surface area contributed by atoms with Gasteiger partial charge in [0.15, 0.2) is 23.9 Å². The second kappa shape index (κ2) is 9.03. The normalized spacial score (nSPS) is 13.9. The number of para-hydroxylation sites is 2. The van der Waals surface area contributed by atoms with E-state index in [1.807, 2.05) is 47.7 Å². The molecule has 0 atom stereocenters. The Labute approximate surface area is 181 Å². The van der Waals surface area contributed by atoms with Crippen LogP contribution in [0, 0.1) is 13.8 Å². The first-order valence-corrected chi connectivity index (χ1v) is 10.2. The van der Waals surface area contributed by atoms with Crippen molar-refractivity contribution in [3.8, 4) is 17.3 Å². The Morgan fingerprint density at radius 1 is 1.00 bits per heavy atom. The van der Waals surface area contributed by atoms with Crippen LogP contribution in [0.4, 0.5) is 5.82 Å². The van der Waals surface area contributed by atoms with Crippen molar-refractivity contribution in [3.63, 3.8) is 0 Å². The van der Waals surface area contributed by atoms with Gasteiger partial charge in [0.25, 0.3) is 5.91 Å². The molecule has 4 rings (SSSR count). The van der Waals surface area contributed by atoms with E-state index in [2.05, 4.69) is 20.0 Å². The summed E-state index contributed by atoms with van der Waals surface area (Å²) in [4.78, 5) is 25.3. The number of carbonyl (C=O) groups is 1. The number of rotatable bonds is 6. The highest BCUT2D eigenvalue weighted by Crippen LogP contribution is 2.25. The topological polar surface area (TPSA) is 85.6 Å². The number of anilines is 1. The van der Waals surface area contributed by atoms with Crippen LogP contribution >= 0.6 is 0 Å². The number of piperazine rings is 1. The average Bonchev–Trinajstić information content (AvgIpc) is 3.15. The molecule has 0 bridgehead atoms. The molecular weight excluding hydrogens is 396 g/mol. The fourth-order valence-corrected chi connectivity index (χ4v) is 3.64. The minimum atomic E-state index is -0.0448. The van der Waals surface area contributed by atoms with Crippen molar-refractivity contribution in [1.29, 1.82) is 0 Å². The number of hydrogen-bond donors (Lipinski definition) is 0. The van der Waals surface area contributed by atoms with E-state index in [1.165, 1.54) is 0 Å². The molecule has 1 aliphatic rings. The number of benzene rings is 1. The molecule has 0 N–H and O–H groups in total. The molecule has 1 saturated heterocycles. The van der Waals surface area contributed by atoms with Crippen LogP contribution in [0.15, 0.2) is 42.7 Å². The minimum absolute atomic E-state index is 0.0179. The summed E-state index contributed by atoms with van der Waals surface area (Å²) in [6.07, 6.45) is 1.56. The molecule has 1 aromatic carbocycles. The smallest absolute Gasteiger partial charge is 0.260 e. The van der Waals surface area contributed by atoms with Crippen molar-refractivity contribution in [2.45, 2.75) is 13.8 Å². The Balaban J connectivity index is 1.35. The van der Waals surface area contributed by atoms with Gasteiger partial charge in [0.2, 0.25) is 0 Å². The molecule has 1 amide bonds. The molecule has 0 aliphatic carbocycles. The first kappa shape index (κ1) is 20.6. The van der Waals surface area contributed by atoms with Gasteiger partial charge in [0, 0.05) is 37.9 Å². The number of methoxy groups -OCH3 is 1. The van der Waals surface area contributed by atoms with Crippen molar-refractivity contribution in [2.75, 3.05) is 44.8 Å². The molecule has 162 valence electrons. The lowest BCUT2D eigenvalue weighted by Crippen LogP contribution is -2.50. The molecule has 1 aliphatic heterocycles. The maximum Gasteiger partial charge on any atom is 0.260 e. The molecule has 0 spiro atoms. The fraction of sp³-hybridized carbons (Fsp3) is 0.364. The summed E-state index contributed by atoms with van der Waals surface area (Å²) in [6.45, 7) is 6.53. The molecule has 0 unspecified atom stereocenters. The standard InChI is InChI=1S/C22H26N6O3/c1-16-12-17(2)28(25-16)21-13-20(23-15-24-21)26-8-10-27(11-9-26)22(29)14-31-19-7-5-4-6-18(19)30-3/h4-7,12-13,15H,8-11,14H2,1-3H3. The molecule has 9 heteroatoms. The Morgan fingerprint density at radius 3 is 2.39 bits per heavy atom. The average molecular weight is 422 g/mol. The number of ether oxygens (including phenoxy) is 2. The summed E-state index contributed by atoms with van der Waals surface area (Å²) in [5.74, 6) is 2.70. The summed E-state index contributed by atoms with van der Waals surface area (Å²) in [5.41, 5.74) is 1.97. The van der Waals surface area contributed by atoms with E-state index in [-0.39, 0.29) is 12.5 Å². The van der Waals surface area contributed by atoms with E-state index in [0.29, 0.717) is 37.7 Å². The van der Waals surface area contributed by atoms with Gasteiger partial charge in [-0.2, -0.15) is 5.10 Å². The van der Waals surface area contributed by atoms with Gasteiger partial charge in [-0.15, -0.1) is 0 Å². The molecular formula is C22H26N6O3. The Hall–Kier alpha value is -3.62. The second-order valence-electron chi connectivity index (χ2n) is 7.38. The van der Waals surface area contributed by atoms with Gasteiger partial charge in [0.05, 0.1) is 12.8 Å². The predicted octanol–water partition coefficient (Wildman–Crippen LogP) is 2.02. The highest BCUT2D eigenvalue weighted by Gasteiger charge is 2.23. The number of amides is 1. The number of aryl methyl sites for hydroxylation is 2. The van der Waals surface area contributed by atoms with E-state index < -0.39 is 0 Å². The maximum absolute atomic E-state index is 12.6. The minimum Gasteiger partial charge on any atom is -0.493 e.